The summed E-state index contributed by atoms with van der Waals surface area (Å²) in [5, 5.41) is 13.9. The molecule has 0 aliphatic heterocycles. The first-order chi connectivity index (χ1) is 25.6. The molecule has 2 unspecified atom stereocenters. The minimum atomic E-state index is -0.521. The lowest BCUT2D eigenvalue weighted by Gasteiger charge is -2.19. The SMILES string of the molecule is CCCCCCCCCCCCCCCCOCC(COCc1cccc(C(O)CNC(C)C)c1)OCCCCCCCCCCCCCCCC. The number of benzene rings is 1. The molecule has 0 heterocycles. The lowest BCUT2D eigenvalue weighted by atomic mass is 10.0. The van der Waals surface area contributed by atoms with Crippen LogP contribution < -0.4 is 5.32 Å². The van der Waals surface area contributed by atoms with Gasteiger partial charge in [0.2, 0.25) is 0 Å². The van der Waals surface area contributed by atoms with Crippen LogP contribution in [0.2, 0.25) is 0 Å². The maximum Gasteiger partial charge on any atom is 0.104 e. The van der Waals surface area contributed by atoms with Gasteiger partial charge < -0.3 is 24.6 Å². The van der Waals surface area contributed by atoms with Gasteiger partial charge in [0.05, 0.1) is 25.9 Å². The molecule has 0 saturated carbocycles. The predicted molar refractivity (Wildman–Crippen MR) is 225 cm³/mol. The minimum Gasteiger partial charge on any atom is -0.387 e. The number of aliphatic hydroxyl groups excluding tert-OH is 1. The van der Waals surface area contributed by atoms with Crippen molar-refractivity contribution in [1.29, 1.82) is 0 Å². The zero-order valence-electron chi connectivity index (χ0n) is 35.3. The van der Waals surface area contributed by atoms with Gasteiger partial charge in [0, 0.05) is 25.8 Å². The number of ether oxygens (including phenoxy) is 3. The van der Waals surface area contributed by atoms with E-state index >= 15 is 0 Å². The van der Waals surface area contributed by atoms with Crippen LogP contribution in [0.25, 0.3) is 0 Å². The van der Waals surface area contributed by atoms with Gasteiger partial charge in [-0.25, -0.2) is 0 Å². The van der Waals surface area contributed by atoms with Gasteiger partial charge >= 0.3 is 0 Å². The van der Waals surface area contributed by atoms with Gasteiger partial charge in [0.1, 0.15) is 6.10 Å². The standard InChI is InChI=1S/C47H89NO4/c1-5-7-9-11-13-15-17-19-21-23-25-27-29-31-36-50-41-46(42-51-40-44-34-33-35-45(38-44)47(49)39-48-43(3)4)52-37-32-30-28-26-24-22-20-18-16-14-12-10-8-6-2/h33-35,38,43,46-49H,5-32,36-37,39-42H2,1-4H3. The van der Waals surface area contributed by atoms with E-state index in [1.807, 2.05) is 12.1 Å². The normalized spacial score (nSPS) is 13.0. The van der Waals surface area contributed by atoms with E-state index in [0.29, 0.717) is 32.4 Å². The summed E-state index contributed by atoms with van der Waals surface area (Å²) >= 11 is 0. The van der Waals surface area contributed by atoms with E-state index in [1.165, 1.54) is 167 Å². The molecule has 1 rings (SSSR count). The second kappa shape index (κ2) is 38.3. The molecule has 0 bridgehead atoms. The summed E-state index contributed by atoms with van der Waals surface area (Å²) in [6.45, 7) is 12.5. The number of unbranched alkanes of at least 4 members (excludes halogenated alkanes) is 26. The van der Waals surface area contributed by atoms with Crippen LogP contribution in [-0.4, -0.2) is 50.2 Å². The Balaban J connectivity index is 2.26. The summed E-state index contributed by atoms with van der Waals surface area (Å²) in [7, 11) is 0. The second-order valence-electron chi connectivity index (χ2n) is 16.1. The largest absolute Gasteiger partial charge is 0.387 e. The fourth-order valence-corrected chi connectivity index (χ4v) is 6.97. The van der Waals surface area contributed by atoms with E-state index in [1.54, 1.807) is 0 Å². The van der Waals surface area contributed by atoms with Crippen LogP contribution >= 0.6 is 0 Å². The highest BCUT2D eigenvalue weighted by Crippen LogP contribution is 2.17. The van der Waals surface area contributed by atoms with E-state index in [2.05, 4.69) is 45.1 Å². The first-order valence-electron chi connectivity index (χ1n) is 22.8. The van der Waals surface area contributed by atoms with E-state index < -0.39 is 6.10 Å². The highest BCUT2D eigenvalue weighted by atomic mass is 16.6. The fourth-order valence-electron chi connectivity index (χ4n) is 6.97. The van der Waals surface area contributed by atoms with Crippen molar-refractivity contribution in [1.82, 2.24) is 5.32 Å². The highest BCUT2D eigenvalue weighted by Gasteiger charge is 2.12. The van der Waals surface area contributed by atoms with Crippen molar-refractivity contribution >= 4 is 0 Å². The van der Waals surface area contributed by atoms with E-state index in [9.17, 15) is 5.11 Å². The second-order valence-corrected chi connectivity index (χ2v) is 16.1. The Morgan fingerprint density at radius 2 is 0.962 bits per heavy atom. The molecule has 0 aliphatic rings. The van der Waals surface area contributed by atoms with Crippen molar-refractivity contribution in [2.24, 2.45) is 0 Å². The van der Waals surface area contributed by atoms with Crippen LogP contribution in [0.1, 0.15) is 225 Å². The molecule has 0 aromatic heterocycles. The maximum atomic E-state index is 10.6. The molecule has 0 spiro atoms. The van der Waals surface area contributed by atoms with Gasteiger partial charge in [0.25, 0.3) is 0 Å². The smallest absolute Gasteiger partial charge is 0.104 e. The lowest BCUT2D eigenvalue weighted by molar-refractivity contribution is -0.0645. The summed E-state index contributed by atoms with van der Waals surface area (Å²) in [6.07, 6.45) is 37.8. The van der Waals surface area contributed by atoms with Crippen molar-refractivity contribution in [3.8, 4) is 0 Å². The van der Waals surface area contributed by atoms with E-state index in [-0.39, 0.29) is 6.10 Å². The monoisotopic (exact) mass is 732 g/mol. The molecule has 306 valence electrons. The minimum absolute atomic E-state index is 0.0439. The summed E-state index contributed by atoms with van der Waals surface area (Å²) in [6, 6.07) is 8.48. The Kier molecular flexibility index (Phi) is 36.1. The third-order valence-corrected chi connectivity index (χ3v) is 10.4. The molecule has 0 fully saturated rings. The molecule has 2 N–H and O–H groups in total. The van der Waals surface area contributed by atoms with Crippen LogP contribution in [0.15, 0.2) is 24.3 Å². The molecule has 0 amide bonds. The van der Waals surface area contributed by atoms with Gasteiger partial charge in [-0.05, 0) is 24.0 Å². The molecular weight excluding hydrogens is 643 g/mol. The number of hydrogen-bond donors (Lipinski definition) is 2. The molecule has 5 heteroatoms. The summed E-state index contributed by atoms with van der Waals surface area (Å²) in [5.74, 6) is 0. The molecule has 0 saturated heterocycles. The maximum absolute atomic E-state index is 10.6. The quantitative estimate of drug-likeness (QED) is 0.0657. The fraction of sp³-hybridized carbons (Fsp3) is 0.872. The highest BCUT2D eigenvalue weighted by molar-refractivity contribution is 5.25. The van der Waals surface area contributed by atoms with Crippen molar-refractivity contribution in [3.63, 3.8) is 0 Å². The van der Waals surface area contributed by atoms with Crippen molar-refractivity contribution < 1.29 is 19.3 Å². The van der Waals surface area contributed by atoms with Gasteiger partial charge in [-0.2, -0.15) is 0 Å². The predicted octanol–water partition coefficient (Wildman–Crippen LogP) is 13.6. The molecule has 2 atom stereocenters. The molecule has 52 heavy (non-hydrogen) atoms. The number of hydrogen-bond acceptors (Lipinski definition) is 5. The summed E-state index contributed by atoms with van der Waals surface area (Å²) in [4.78, 5) is 0. The Labute approximate surface area is 324 Å². The molecule has 1 aromatic rings. The zero-order chi connectivity index (χ0) is 37.6. The van der Waals surface area contributed by atoms with Crippen molar-refractivity contribution in [3.05, 3.63) is 35.4 Å². The third-order valence-electron chi connectivity index (χ3n) is 10.4. The molecule has 0 radical (unpaired) electrons. The first kappa shape index (κ1) is 49.0. The van der Waals surface area contributed by atoms with Gasteiger partial charge in [-0.3, -0.25) is 0 Å². The van der Waals surface area contributed by atoms with Crippen molar-refractivity contribution in [2.75, 3.05) is 33.0 Å². The van der Waals surface area contributed by atoms with E-state index in [0.717, 1.165) is 37.2 Å². The third kappa shape index (κ3) is 32.5. The average Bonchev–Trinajstić information content (AvgIpc) is 3.15. The van der Waals surface area contributed by atoms with Gasteiger partial charge in [-0.1, -0.05) is 219 Å². The number of nitrogens with one attached hydrogen (secondary N) is 1. The molecule has 5 nitrogen and oxygen atoms in total. The van der Waals surface area contributed by atoms with Crippen LogP contribution in [0, 0.1) is 0 Å². The van der Waals surface area contributed by atoms with Crippen LogP contribution in [-0.2, 0) is 20.8 Å². The average molecular weight is 732 g/mol. The molecule has 1 aromatic carbocycles. The first-order valence-corrected chi connectivity index (χ1v) is 22.8. The molecular formula is C47H89NO4. The Morgan fingerprint density at radius 3 is 1.42 bits per heavy atom. The Morgan fingerprint density at radius 1 is 0.538 bits per heavy atom. The number of rotatable bonds is 41. The van der Waals surface area contributed by atoms with Crippen LogP contribution in [0.4, 0.5) is 0 Å². The number of aliphatic hydroxyl groups is 1. The van der Waals surface area contributed by atoms with Crippen LogP contribution in [0.3, 0.4) is 0 Å². The molecule has 0 aliphatic carbocycles. The summed E-state index contributed by atoms with van der Waals surface area (Å²) in [5.41, 5.74) is 2.01. The van der Waals surface area contributed by atoms with Crippen LogP contribution in [0.5, 0.6) is 0 Å². The van der Waals surface area contributed by atoms with Gasteiger partial charge in [0.15, 0.2) is 0 Å². The van der Waals surface area contributed by atoms with Crippen molar-refractivity contribution in [2.45, 2.75) is 232 Å². The Bertz CT molecular complexity index is 848. The zero-order valence-corrected chi connectivity index (χ0v) is 35.3. The van der Waals surface area contributed by atoms with E-state index in [4.69, 9.17) is 14.2 Å². The van der Waals surface area contributed by atoms with Gasteiger partial charge in [-0.15, -0.1) is 0 Å². The summed E-state index contributed by atoms with van der Waals surface area (Å²) < 4.78 is 18.6. The Hall–Kier alpha value is -0.980. The topological polar surface area (TPSA) is 60.0 Å². The lowest BCUT2D eigenvalue weighted by Crippen LogP contribution is -2.28.